The zero-order valence-corrected chi connectivity index (χ0v) is 12.8. The van der Waals surface area contributed by atoms with Crippen molar-refractivity contribution in [2.45, 2.75) is 3.79 Å². The van der Waals surface area contributed by atoms with E-state index in [0.717, 1.165) is 10.8 Å². The van der Waals surface area contributed by atoms with Gasteiger partial charge >= 0.3 is 6.01 Å². The van der Waals surface area contributed by atoms with Crippen LogP contribution in [0.1, 0.15) is 5.82 Å². The van der Waals surface area contributed by atoms with Crippen molar-refractivity contribution < 1.29 is 4.74 Å². The predicted molar refractivity (Wildman–Crippen MR) is 83.1 cm³/mol. The number of nitrogens with zero attached hydrogens (tertiary/aromatic N) is 3. The molecule has 0 saturated heterocycles. The molecule has 0 aliphatic rings. The number of hydrogen-bond acceptors (Lipinski definition) is 4. The van der Waals surface area contributed by atoms with Crippen molar-refractivity contribution in [3.8, 4) is 11.8 Å². The maximum atomic E-state index is 5.75. The van der Waals surface area contributed by atoms with Crippen molar-refractivity contribution in [1.29, 1.82) is 0 Å². The average Bonchev–Trinajstić information content (AvgIpc) is 2.47. The third-order valence-corrected chi connectivity index (χ3v) is 3.26. The van der Waals surface area contributed by atoms with E-state index in [1.807, 2.05) is 42.5 Å². The van der Waals surface area contributed by atoms with Gasteiger partial charge in [0.1, 0.15) is 12.1 Å². The molecule has 0 aliphatic carbocycles. The first kappa shape index (κ1) is 14.3. The number of benzene rings is 2. The Morgan fingerprint density at radius 1 is 0.905 bits per heavy atom. The van der Waals surface area contributed by atoms with Gasteiger partial charge in [0, 0.05) is 5.39 Å². The molecule has 0 bridgehead atoms. The number of hydrogen-bond donors (Lipinski definition) is 0. The molecule has 0 radical (unpaired) electrons. The van der Waals surface area contributed by atoms with Crippen molar-refractivity contribution in [3.63, 3.8) is 0 Å². The van der Waals surface area contributed by atoms with E-state index >= 15 is 0 Å². The van der Waals surface area contributed by atoms with Gasteiger partial charge in [-0.05, 0) is 11.5 Å². The van der Waals surface area contributed by atoms with E-state index in [9.17, 15) is 0 Å². The number of halogens is 3. The quantitative estimate of drug-likeness (QED) is 0.637. The lowest BCUT2D eigenvalue weighted by atomic mass is 10.1. The fourth-order valence-electron chi connectivity index (χ4n) is 1.85. The summed E-state index contributed by atoms with van der Waals surface area (Å²) < 4.78 is 3.97. The van der Waals surface area contributed by atoms with Gasteiger partial charge in [0.05, 0.1) is 0 Å². The van der Waals surface area contributed by atoms with Gasteiger partial charge in [-0.25, -0.2) is 4.98 Å². The Morgan fingerprint density at radius 3 is 2.48 bits per heavy atom. The summed E-state index contributed by atoms with van der Waals surface area (Å²) in [6.07, 6.45) is 1.24. The molecule has 0 spiro atoms. The highest BCUT2D eigenvalue weighted by molar-refractivity contribution is 6.66. The lowest BCUT2D eigenvalue weighted by Crippen LogP contribution is -2.08. The minimum atomic E-state index is -1.72. The number of aromatic nitrogens is 3. The lowest BCUT2D eigenvalue weighted by molar-refractivity contribution is 0.441. The van der Waals surface area contributed by atoms with Gasteiger partial charge in [0.2, 0.25) is 3.79 Å². The largest absolute Gasteiger partial charge is 0.424 e. The fourth-order valence-corrected chi connectivity index (χ4v) is 2.12. The van der Waals surface area contributed by atoms with Crippen LogP contribution in [0.5, 0.6) is 11.8 Å². The van der Waals surface area contributed by atoms with E-state index in [0.29, 0.717) is 5.75 Å². The lowest BCUT2D eigenvalue weighted by Gasteiger charge is -2.10. The third-order valence-electron chi connectivity index (χ3n) is 2.75. The van der Waals surface area contributed by atoms with Gasteiger partial charge in [-0.1, -0.05) is 71.2 Å². The van der Waals surface area contributed by atoms with Crippen LogP contribution < -0.4 is 4.74 Å². The minimum absolute atomic E-state index is 0.0118. The van der Waals surface area contributed by atoms with Crippen molar-refractivity contribution in [3.05, 3.63) is 54.6 Å². The molecule has 0 saturated carbocycles. The molecule has 0 atom stereocenters. The van der Waals surface area contributed by atoms with Crippen LogP contribution >= 0.6 is 34.8 Å². The van der Waals surface area contributed by atoms with Crippen molar-refractivity contribution in [1.82, 2.24) is 15.0 Å². The topological polar surface area (TPSA) is 47.9 Å². The first-order chi connectivity index (χ1) is 10.0. The zero-order chi connectivity index (χ0) is 14.9. The summed E-state index contributed by atoms with van der Waals surface area (Å²) in [5.41, 5.74) is 0. The Hall–Kier alpha value is -1.62. The Labute approximate surface area is 135 Å². The molecule has 0 aliphatic heterocycles. The Balaban J connectivity index is 1.99. The molecule has 1 aromatic heterocycles. The second-order valence-electron chi connectivity index (χ2n) is 4.17. The standard InChI is InChI=1S/C14H8Cl3N3O/c15-14(16,17)12-18-8-19-13(20-12)21-11-7-3-5-9-4-1-2-6-10(9)11/h1-8H. The first-order valence-corrected chi connectivity index (χ1v) is 7.09. The van der Waals surface area contributed by atoms with Crippen LogP contribution in [0.2, 0.25) is 0 Å². The molecule has 21 heavy (non-hydrogen) atoms. The SMILES string of the molecule is ClC(Cl)(Cl)c1ncnc(Oc2cccc3ccccc23)n1. The highest BCUT2D eigenvalue weighted by Gasteiger charge is 2.27. The van der Waals surface area contributed by atoms with Crippen LogP contribution in [0, 0.1) is 0 Å². The van der Waals surface area contributed by atoms with E-state index in [4.69, 9.17) is 39.5 Å². The van der Waals surface area contributed by atoms with E-state index in [1.54, 1.807) is 0 Å². The zero-order valence-electron chi connectivity index (χ0n) is 10.5. The summed E-state index contributed by atoms with van der Waals surface area (Å²) in [4.78, 5) is 11.8. The minimum Gasteiger partial charge on any atom is -0.424 e. The van der Waals surface area contributed by atoms with Gasteiger partial charge in [0.15, 0.2) is 5.82 Å². The van der Waals surface area contributed by atoms with E-state index < -0.39 is 3.79 Å². The molecule has 4 nitrogen and oxygen atoms in total. The van der Waals surface area contributed by atoms with Crippen LogP contribution in [0.25, 0.3) is 10.8 Å². The van der Waals surface area contributed by atoms with Gasteiger partial charge < -0.3 is 4.74 Å². The Bertz CT molecular complexity index is 784. The average molecular weight is 341 g/mol. The molecular formula is C14H8Cl3N3O. The van der Waals surface area contributed by atoms with Gasteiger partial charge in [0.25, 0.3) is 0 Å². The second-order valence-corrected chi connectivity index (χ2v) is 6.45. The van der Waals surface area contributed by atoms with Crippen LogP contribution in [0.15, 0.2) is 48.8 Å². The third kappa shape index (κ3) is 3.18. The molecular weight excluding hydrogens is 333 g/mol. The van der Waals surface area contributed by atoms with Crippen molar-refractivity contribution in [2.24, 2.45) is 0 Å². The molecule has 106 valence electrons. The summed E-state index contributed by atoms with van der Waals surface area (Å²) in [6.45, 7) is 0. The highest BCUT2D eigenvalue weighted by Crippen LogP contribution is 2.36. The molecule has 2 aromatic carbocycles. The van der Waals surface area contributed by atoms with Gasteiger partial charge in [-0.3, -0.25) is 0 Å². The second kappa shape index (κ2) is 5.64. The molecule has 3 rings (SSSR count). The molecule has 0 amide bonds. The normalized spacial score (nSPS) is 11.6. The molecule has 0 N–H and O–H groups in total. The van der Waals surface area contributed by atoms with Gasteiger partial charge in [-0.15, -0.1) is 0 Å². The molecule has 0 unspecified atom stereocenters. The highest BCUT2D eigenvalue weighted by atomic mass is 35.6. The summed E-state index contributed by atoms with van der Waals surface area (Å²) in [5.74, 6) is 0.632. The maximum absolute atomic E-state index is 5.75. The fraction of sp³-hybridized carbons (Fsp3) is 0.0714. The van der Waals surface area contributed by atoms with E-state index in [1.165, 1.54) is 6.33 Å². The van der Waals surface area contributed by atoms with Crippen LogP contribution in [-0.4, -0.2) is 15.0 Å². The van der Waals surface area contributed by atoms with Crippen molar-refractivity contribution in [2.75, 3.05) is 0 Å². The van der Waals surface area contributed by atoms with E-state index in [2.05, 4.69) is 15.0 Å². The van der Waals surface area contributed by atoms with Crippen LogP contribution in [0.3, 0.4) is 0 Å². The number of ether oxygens (including phenoxy) is 1. The number of fused-ring (bicyclic) bond motifs is 1. The first-order valence-electron chi connectivity index (χ1n) is 5.96. The van der Waals surface area contributed by atoms with Crippen LogP contribution in [0.4, 0.5) is 0 Å². The number of rotatable bonds is 2. The predicted octanol–water partition coefficient (Wildman–Crippen LogP) is 4.64. The van der Waals surface area contributed by atoms with Crippen molar-refractivity contribution >= 4 is 45.6 Å². The Kier molecular flexibility index (Phi) is 3.85. The van der Waals surface area contributed by atoms with Gasteiger partial charge in [-0.2, -0.15) is 9.97 Å². The summed E-state index contributed by atoms with van der Waals surface area (Å²) in [5, 5.41) is 1.99. The molecule has 0 fully saturated rings. The van der Waals surface area contributed by atoms with E-state index in [-0.39, 0.29) is 11.8 Å². The van der Waals surface area contributed by atoms with Crippen LogP contribution in [-0.2, 0) is 3.79 Å². The summed E-state index contributed by atoms with van der Waals surface area (Å²) in [7, 11) is 0. The monoisotopic (exact) mass is 339 g/mol. The summed E-state index contributed by atoms with van der Waals surface area (Å²) in [6, 6.07) is 13.6. The maximum Gasteiger partial charge on any atom is 0.325 e. The Morgan fingerprint density at radius 2 is 1.67 bits per heavy atom. The number of alkyl halides is 3. The molecule has 7 heteroatoms. The molecule has 3 aromatic rings. The smallest absolute Gasteiger partial charge is 0.325 e. The molecule has 1 heterocycles. The summed E-state index contributed by atoms with van der Waals surface area (Å²) >= 11 is 17.3.